The van der Waals surface area contributed by atoms with Crippen LogP contribution >= 0.6 is 0 Å². The normalized spacial score (nSPS) is 9.73. The number of esters is 2. The van der Waals surface area contributed by atoms with Crippen LogP contribution < -0.4 is 0 Å². The summed E-state index contributed by atoms with van der Waals surface area (Å²) >= 11 is 0. The highest BCUT2D eigenvalue weighted by Gasteiger charge is 2.00. The van der Waals surface area contributed by atoms with E-state index in [1.807, 2.05) is 6.42 Å². The molecule has 1 radical (unpaired) electrons. The Balaban J connectivity index is 3.11. The second-order valence-electron chi connectivity index (χ2n) is 2.89. The molecule has 0 spiro atoms. The van der Waals surface area contributed by atoms with Crippen LogP contribution in [-0.4, -0.2) is 38.9 Å². The average molecular weight is 217 g/mol. The summed E-state index contributed by atoms with van der Waals surface area (Å²) < 4.78 is 14.1. The predicted octanol–water partition coefficient (Wildman–Crippen LogP) is 0.724. The van der Waals surface area contributed by atoms with Gasteiger partial charge in [0.05, 0.1) is 13.2 Å². The van der Waals surface area contributed by atoms with Crippen molar-refractivity contribution in [1.29, 1.82) is 0 Å². The molecule has 0 amide bonds. The highest BCUT2D eigenvalue weighted by Crippen LogP contribution is 1.96. The number of carbonyl (C=O) groups is 2. The van der Waals surface area contributed by atoms with Crippen LogP contribution in [0, 0.1) is 6.42 Å². The molecule has 5 nitrogen and oxygen atoms in total. The molecule has 15 heavy (non-hydrogen) atoms. The lowest BCUT2D eigenvalue weighted by molar-refractivity contribution is -0.147. The van der Waals surface area contributed by atoms with Crippen molar-refractivity contribution in [2.75, 3.05) is 26.9 Å². The first-order valence-corrected chi connectivity index (χ1v) is 4.76. The third kappa shape index (κ3) is 10.8. The summed E-state index contributed by atoms with van der Waals surface area (Å²) in [5.41, 5.74) is 0. The smallest absolute Gasteiger partial charge is 0.332 e. The van der Waals surface area contributed by atoms with E-state index in [9.17, 15) is 9.59 Å². The van der Waals surface area contributed by atoms with Crippen LogP contribution in [0.5, 0.6) is 0 Å². The third-order valence-corrected chi connectivity index (χ3v) is 1.48. The van der Waals surface area contributed by atoms with Gasteiger partial charge in [0.1, 0.15) is 6.61 Å². The fourth-order valence-corrected chi connectivity index (χ4v) is 0.838. The molecule has 0 atom stereocenters. The van der Waals surface area contributed by atoms with Crippen molar-refractivity contribution in [3.8, 4) is 0 Å². The van der Waals surface area contributed by atoms with Crippen molar-refractivity contribution < 1.29 is 23.8 Å². The number of carbonyl (C=O) groups excluding carboxylic acids is 2. The third-order valence-electron chi connectivity index (χ3n) is 1.48. The molecule has 0 aliphatic carbocycles. The predicted molar refractivity (Wildman–Crippen MR) is 53.0 cm³/mol. The first-order chi connectivity index (χ1) is 7.16. The van der Waals surface area contributed by atoms with E-state index in [0.717, 1.165) is 12.8 Å². The molecule has 0 N–H and O–H groups in total. The van der Waals surface area contributed by atoms with E-state index in [2.05, 4.69) is 4.74 Å². The van der Waals surface area contributed by atoms with Crippen molar-refractivity contribution in [3.63, 3.8) is 0 Å². The van der Waals surface area contributed by atoms with E-state index in [4.69, 9.17) is 9.47 Å². The molecular formula is C10H17O5. The Bertz CT molecular complexity index is 190. The van der Waals surface area contributed by atoms with Crippen molar-refractivity contribution in [1.82, 2.24) is 0 Å². The van der Waals surface area contributed by atoms with E-state index in [1.165, 1.54) is 14.0 Å². The Hall–Kier alpha value is -1.10. The molecule has 0 saturated heterocycles. The lowest BCUT2D eigenvalue weighted by Crippen LogP contribution is -2.12. The van der Waals surface area contributed by atoms with Crippen LogP contribution in [0.4, 0.5) is 0 Å². The summed E-state index contributed by atoms with van der Waals surface area (Å²) in [4.78, 5) is 21.2. The zero-order valence-corrected chi connectivity index (χ0v) is 9.15. The molecule has 0 aliphatic rings. The number of ether oxygens (including phenoxy) is 3. The van der Waals surface area contributed by atoms with Gasteiger partial charge in [-0.15, -0.1) is 0 Å². The number of methoxy groups -OCH3 is 1. The van der Waals surface area contributed by atoms with Gasteiger partial charge in [0.25, 0.3) is 0 Å². The van der Waals surface area contributed by atoms with Gasteiger partial charge in [-0.1, -0.05) is 0 Å². The fraction of sp³-hybridized carbons (Fsp3) is 0.700. The molecule has 5 heteroatoms. The molecule has 87 valence electrons. The van der Waals surface area contributed by atoms with Gasteiger partial charge in [-0.3, -0.25) is 4.79 Å². The number of rotatable bonds is 8. The van der Waals surface area contributed by atoms with Crippen molar-refractivity contribution >= 4 is 11.9 Å². The monoisotopic (exact) mass is 217 g/mol. The Labute approximate surface area is 89.7 Å². The molecule has 0 heterocycles. The SMILES string of the molecule is COCC(=O)OC[CH]CCCOC(C)=O. The van der Waals surface area contributed by atoms with Crippen LogP contribution in [0.3, 0.4) is 0 Å². The zero-order chi connectivity index (χ0) is 11.5. The average Bonchev–Trinajstić information content (AvgIpc) is 2.16. The summed E-state index contributed by atoms with van der Waals surface area (Å²) in [6.45, 7) is 2.01. The van der Waals surface area contributed by atoms with Crippen LogP contribution in [0.2, 0.25) is 0 Å². The molecule has 0 aromatic carbocycles. The molecule has 0 fully saturated rings. The van der Waals surface area contributed by atoms with E-state index in [-0.39, 0.29) is 25.2 Å². The molecule has 0 rings (SSSR count). The molecular weight excluding hydrogens is 200 g/mol. The maximum absolute atomic E-state index is 10.8. The highest BCUT2D eigenvalue weighted by atomic mass is 16.6. The first kappa shape index (κ1) is 13.9. The summed E-state index contributed by atoms with van der Waals surface area (Å²) in [5, 5.41) is 0. The van der Waals surface area contributed by atoms with Crippen LogP contribution in [0.25, 0.3) is 0 Å². The fourth-order valence-electron chi connectivity index (χ4n) is 0.838. The minimum Gasteiger partial charge on any atom is -0.466 e. The van der Waals surface area contributed by atoms with Crippen LogP contribution in [-0.2, 0) is 23.8 Å². The van der Waals surface area contributed by atoms with Gasteiger partial charge in [-0.05, 0) is 19.3 Å². The zero-order valence-electron chi connectivity index (χ0n) is 9.15. The van der Waals surface area contributed by atoms with Gasteiger partial charge in [-0.25, -0.2) is 4.79 Å². The minimum atomic E-state index is -0.381. The topological polar surface area (TPSA) is 61.8 Å². The van der Waals surface area contributed by atoms with Crippen molar-refractivity contribution in [2.45, 2.75) is 19.8 Å². The number of hydrogen-bond donors (Lipinski definition) is 0. The van der Waals surface area contributed by atoms with E-state index < -0.39 is 0 Å². The van der Waals surface area contributed by atoms with Crippen molar-refractivity contribution in [2.24, 2.45) is 0 Å². The maximum atomic E-state index is 10.8. The maximum Gasteiger partial charge on any atom is 0.332 e. The summed E-state index contributed by atoms with van der Waals surface area (Å²) in [6.07, 6.45) is 3.30. The molecule has 0 aromatic heterocycles. The molecule has 0 unspecified atom stereocenters. The summed E-state index contributed by atoms with van der Waals surface area (Å²) in [5.74, 6) is -0.657. The van der Waals surface area contributed by atoms with E-state index in [0.29, 0.717) is 6.61 Å². The van der Waals surface area contributed by atoms with Gasteiger partial charge in [0.2, 0.25) is 0 Å². The number of unbranched alkanes of at least 4 members (excludes halogenated alkanes) is 2. The van der Waals surface area contributed by atoms with Crippen LogP contribution in [0.15, 0.2) is 0 Å². The minimum absolute atomic E-state index is 0.0265. The van der Waals surface area contributed by atoms with Gasteiger partial charge in [0, 0.05) is 14.0 Å². The summed E-state index contributed by atoms with van der Waals surface area (Å²) in [6, 6.07) is 0. The Morgan fingerprint density at radius 2 is 2.00 bits per heavy atom. The molecule has 0 aliphatic heterocycles. The lowest BCUT2D eigenvalue weighted by Gasteiger charge is -2.03. The van der Waals surface area contributed by atoms with E-state index in [1.54, 1.807) is 0 Å². The van der Waals surface area contributed by atoms with Gasteiger partial charge in [0.15, 0.2) is 0 Å². The molecule has 0 aromatic rings. The van der Waals surface area contributed by atoms with Crippen molar-refractivity contribution in [3.05, 3.63) is 6.42 Å². The van der Waals surface area contributed by atoms with E-state index >= 15 is 0 Å². The Kier molecular flexibility index (Phi) is 8.76. The van der Waals surface area contributed by atoms with Crippen LogP contribution in [0.1, 0.15) is 19.8 Å². The molecule has 0 bridgehead atoms. The second-order valence-corrected chi connectivity index (χ2v) is 2.89. The Morgan fingerprint density at radius 1 is 1.27 bits per heavy atom. The highest BCUT2D eigenvalue weighted by molar-refractivity contribution is 5.70. The lowest BCUT2D eigenvalue weighted by atomic mass is 10.2. The standard InChI is InChI=1S/C10H17O5/c1-9(11)14-6-4-3-5-7-15-10(12)8-13-2/h5H,3-4,6-8H2,1-2H3. The van der Waals surface area contributed by atoms with Gasteiger partial charge >= 0.3 is 11.9 Å². The van der Waals surface area contributed by atoms with Gasteiger partial charge < -0.3 is 14.2 Å². The second kappa shape index (κ2) is 9.45. The molecule has 0 saturated carbocycles. The first-order valence-electron chi connectivity index (χ1n) is 4.76. The summed E-state index contributed by atoms with van der Waals surface area (Å²) in [7, 11) is 1.43. The quantitative estimate of drug-likeness (QED) is 0.443. The largest absolute Gasteiger partial charge is 0.466 e. The Morgan fingerprint density at radius 3 is 2.60 bits per heavy atom. The van der Waals surface area contributed by atoms with Gasteiger partial charge in [-0.2, -0.15) is 0 Å². The number of hydrogen-bond acceptors (Lipinski definition) is 5.